The minimum absolute atomic E-state index is 0.0969. The lowest BCUT2D eigenvalue weighted by Crippen LogP contribution is -2.28. The van der Waals surface area contributed by atoms with Gasteiger partial charge in [0, 0.05) is 29.3 Å². The van der Waals surface area contributed by atoms with Crippen LogP contribution in [0.5, 0.6) is 0 Å². The van der Waals surface area contributed by atoms with Gasteiger partial charge in [0.05, 0.1) is 5.56 Å². The molecule has 0 radical (unpaired) electrons. The van der Waals surface area contributed by atoms with Crippen molar-refractivity contribution < 1.29 is 14.7 Å². The van der Waals surface area contributed by atoms with Crippen LogP contribution in [0, 0.1) is 19.8 Å². The van der Waals surface area contributed by atoms with Crippen molar-refractivity contribution in [2.45, 2.75) is 33.1 Å². The normalized spacial score (nSPS) is 18.8. The van der Waals surface area contributed by atoms with Gasteiger partial charge in [-0.25, -0.2) is 0 Å². The number of nitrogens with zero attached hydrogens (tertiary/aromatic N) is 1. The number of rotatable bonds is 4. The highest BCUT2D eigenvalue weighted by Gasteiger charge is 2.28. The first kappa shape index (κ1) is 14.1. The first-order valence-electron chi connectivity index (χ1n) is 6.55. The smallest absolute Gasteiger partial charge is 0.303 e. The van der Waals surface area contributed by atoms with E-state index in [1.54, 1.807) is 11.3 Å². The molecule has 2 rings (SSSR count). The zero-order valence-electron chi connectivity index (χ0n) is 11.3. The molecule has 1 atom stereocenters. The minimum atomic E-state index is -0.755. The fourth-order valence-electron chi connectivity index (χ4n) is 2.59. The van der Waals surface area contributed by atoms with Crippen molar-refractivity contribution in [2.75, 3.05) is 13.1 Å². The van der Waals surface area contributed by atoms with Gasteiger partial charge in [0.1, 0.15) is 0 Å². The Morgan fingerprint density at radius 2 is 2.21 bits per heavy atom. The molecule has 1 aliphatic rings. The zero-order valence-corrected chi connectivity index (χ0v) is 12.1. The molecule has 1 saturated heterocycles. The van der Waals surface area contributed by atoms with Crippen LogP contribution in [0.2, 0.25) is 0 Å². The molecule has 1 unspecified atom stereocenters. The van der Waals surface area contributed by atoms with Crippen LogP contribution in [0.4, 0.5) is 0 Å². The second kappa shape index (κ2) is 5.74. The van der Waals surface area contributed by atoms with Crippen molar-refractivity contribution in [1.29, 1.82) is 0 Å². The van der Waals surface area contributed by atoms with Crippen molar-refractivity contribution in [2.24, 2.45) is 5.92 Å². The van der Waals surface area contributed by atoms with E-state index in [-0.39, 0.29) is 12.3 Å². The molecular formula is C14H19NO3S. The summed E-state index contributed by atoms with van der Waals surface area (Å²) in [7, 11) is 0. The minimum Gasteiger partial charge on any atom is -0.481 e. The van der Waals surface area contributed by atoms with Crippen LogP contribution in [0.25, 0.3) is 0 Å². The maximum Gasteiger partial charge on any atom is 0.303 e. The van der Waals surface area contributed by atoms with Gasteiger partial charge in [-0.3, -0.25) is 9.59 Å². The summed E-state index contributed by atoms with van der Waals surface area (Å²) in [5, 5.41) is 8.69. The van der Waals surface area contributed by atoms with Gasteiger partial charge >= 0.3 is 5.97 Å². The summed E-state index contributed by atoms with van der Waals surface area (Å²) in [5.41, 5.74) is 0.807. The van der Waals surface area contributed by atoms with Crippen molar-refractivity contribution in [1.82, 2.24) is 4.90 Å². The molecule has 19 heavy (non-hydrogen) atoms. The van der Waals surface area contributed by atoms with Crippen LogP contribution in [-0.2, 0) is 4.79 Å². The Bertz CT molecular complexity index is 495. The number of hydrogen-bond acceptors (Lipinski definition) is 3. The van der Waals surface area contributed by atoms with Gasteiger partial charge in [-0.1, -0.05) is 0 Å². The largest absolute Gasteiger partial charge is 0.481 e. The molecule has 1 N–H and O–H groups in total. The van der Waals surface area contributed by atoms with E-state index in [0.717, 1.165) is 28.3 Å². The van der Waals surface area contributed by atoms with E-state index in [2.05, 4.69) is 0 Å². The van der Waals surface area contributed by atoms with Crippen LogP contribution in [0.15, 0.2) is 6.07 Å². The number of carboxylic acids is 1. The Labute approximate surface area is 117 Å². The van der Waals surface area contributed by atoms with E-state index in [1.165, 1.54) is 0 Å². The molecule has 0 aromatic carbocycles. The molecular weight excluding hydrogens is 262 g/mol. The highest BCUT2D eigenvalue weighted by Crippen LogP contribution is 2.26. The number of carbonyl (C=O) groups is 2. The molecule has 104 valence electrons. The van der Waals surface area contributed by atoms with Crippen LogP contribution in [-0.4, -0.2) is 35.0 Å². The number of amides is 1. The summed E-state index contributed by atoms with van der Waals surface area (Å²) >= 11 is 1.65. The Morgan fingerprint density at radius 3 is 2.79 bits per heavy atom. The summed E-state index contributed by atoms with van der Waals surface area (Å²) in [6.07, 6.45) is 1.78. The summed E-state index contributed by atoms with van der Waals surface area (Å²) in [5.74, 6) is -0.325. The first-order chi connectivity index (χ1) is 8.97. The fraction of sp³-hybridized carbons (Fsp3) is 0.571. The number of likely N-dealkylation sites (tertiary alicyclic amines) is 1. The third-order valence-corrected chi connectivity index (χ3v) is 4.58. The Hall–Kier alpha value is -1.36. The van der Waals surface area contributed by atoms with Gasteiger partial charge in [0.15, 0.2) is 0 Å². The van der Waals surface area contributed by atoms with Gasteiger partial charge in [-0.05, 0) is 38.7 Å². The lowest BCUT2D eigenvalue weighted by Gasteiger charge is -2.16. The van der Waals surface area contributed by atoms with Crippen LogP contribution in [0.3, 0.4) is 0 Å². The topological polar surface area (TPSA) is 57.6 Å². The monoisotopic (exact) mass is 281 g/mol. The molecule has 0 spiro atoms. The highest BCUT2D eigenvalue weighted by molar-refractivity contribution is 7.12. The number of aliphatic carboxylic acids is 1. The fourth-order valence-corrected chi connectivity index (χ4v) is 3.51. The van der Waals surface area contributed by atoms with E-state index < -0.39 is 5.97 Å². The van der Waals surface area contributed by atoms with Gasteiger partial charge in [0.25, 0.3) is 5.91 Å². The molecule has 4 nitrogen and oxygen atoms in total. The standard InChI is InChI=1S/C14H19NO3S/c1-9-7-12(10(2)19-9)14(18)15-6-5-11(8-15)3-4-13(16)17/h7,11H,3-6,8H2,1-2H3,(H,16,17). The highest BCUT2D eigenvalue weighted by atomic mass is 32.1. The van der Waals surface area contributed by atoms with E-state index in [0.29, 0.717) is 18.9 Å². The molecule has 0 aliphatic carbocycles. The third kappa shape index (κ3) is 3.35. The maximum absolute atomic E-state index is 12.4. The second-order valence-electron chi connectivity index (χ2n) is 5.17. The molecule has 1 aromatic rings. The van der Waals surface area contributed by atoms with E-state index >= 15 is 0 Å². The maximum atomic E-state index is 12.4. The number of carbonyl (C=O) groups excluding carboxylic acids is 1. The lowest BCUT2D eigenvalue weighted by atomic mass is 10.0. The van der Waals surface area contributed by atoms with Crippen molar-refractivity contribution >= 4 is 23.2 Å². The molecule has 2 heterocycles. The van der Waals surface area contributed by atoms with Gasteiger partial charge < -0.3 is 10.0 Å². The van der Waals surface area contributed by atoms with E-state index in [1.807, 2.05) is 24.8 Å². The quantitative estimate of drug-likeness (QED) is 0.923. The summed E-state index contributed by atoms with van der Waals surface area (Å²) < 4.78 is 0. The molecule has 0 saturated carbocycles. The van der Waals surface area contributed by atoms with E-state index in [9.17, 15) is 9.59 Å². The Balaban J connectivity index is 1.95. The first-order valence-corrected chi connectivity index (χ1v) is 7.37. The van der Waals surface area contributed by atoms with Crippen molar-refractivity contribution in [3.05, 3.63) is 21.4 Å². The van der Waals surface area contributed by atoms with Gasteiger partial charge in [-0.2, -0.15) is 0 Å². The number of aryl methyl sites for hydroxylation is 2. The SMILES string of the molecule is Cc1cc(C(=O)N2CCC(CCC(=O)O)C2)c(C)s1. The molecule has 1 fully saturated rings. The predicted molar refractivity (Wildman–Crippen MR) is 74.7 cm³/mol. The van der Waals surface area contributed by atoms with E-state index in [4.69, 9.17) is 5.11 Å². The van der Waals surface area contributed by atoms with Gasteiger partial charge in [0.2, 0.25) is 0 Å². The Kier molecular flexibility index (Phi) is 4.24. The predicted octanol–water partition coefficient (Wildman–Crippen LogP) is 2.69. The van der Waals surface area contributed by atoms with Crippen molar-refractivity contribution in [3.63, 3.8) is 0 Å². The Morgan fingerprint density at radius 1 is 1.47 bits per heavy atom. The van der Waals surface area contributed by atoms with Crippen LogP contribution >= 0.6 is 11.3 Å². The molecule has 5 heteroatoms. The van der Waals surface area contributed by atoms with Crippen LogP contribution < -0.4 is 0 Å². The van der Waals surface area contributed by atoms with Crippen LogP contribution in [0.1, 0.15) is 39.4 Å². The summed E-state index contributed by atoms with van der Waals surface area (Å²) in [6.45, 7) is 5.43. The summed E-state index contributed by atoms with van der Waals surface area (Å²) in [4.78, 5) is 27.0. The number of hydrogen-bond donors (Lipinski definition) is 1. The zero-order chi connectivity index (χ0) is 14.0. The second-order valence-corrected chi connectivity index (χ2v) is 6.63. The average molecular weight is 281 g/mol. The third-order valence-electron chi connectivity index (χ3n) is 3.61. The molecule has 1 aliphatic heterocycles. The number of carboxylic acid groups (broad SMARTS) is 1. The average Bonchev–Trinajstić information content (AvgIpc) is 2.92. The number of thiophene rings is 1. The summed E-state index contributed by atoms with van der Waals surface area (Å²) in [6, 6.07) is 1.95. The van der Waals surface area contributed by atoms with Gasteiger partial charge in [-0.15, -0.1) is 11.3 Å². The molecule has 0 bridgehead atoms. The molecule has 1 amide bonds. The molecule has 1 aromatic heterocycles. The lowest BCUT2D eigenvalue weighted by molar-refractivity contribution is -0.137. The van der Waals surface area contributed by atoms with Crippen molar-refractivity contribution in [3.8, 4) is 0 Å².